The number of hydrogen-bond acceptors (Lipinski definition) is 2. The van der Waals surface area contributed by atoms with E-state index in [1.807, 2.05) is 12.3 Å². The van der Waals surface area contributed by atoms with Gasteiger partial charge in [0.15, 0.2) is 0 Å². The summed E-state index contributed by atoms with van der Waals surface area (Å²) in [6, 6.07) is 12.4. The molecule has 0 saturated heterocycles. The first-order chi connectivity index (χ1) is 7.75. The molecule has 1 heterocycles. The van der Waals surface area contributed by atoms with Crippen LogP contribution in [0.3, 0.4) is 0 Å². The van der Waals surface area contributed by atoms with Gasteiger partial charge in [0.2, 0.25) is 0 Å². The van der Waals surface area contributed by atoms with Gasteiger partial charge >= 0.3 is 0 Å². The summed E-state index contributed by atoms with van der Waals surface area (Å²) in [5.41, 5.74) is 9.76. The third-order valence-corrected chi connectivity index (χ3v) is 2.68. The molecule has 0 radical (unpaired) electrons. The molecule has 1 aromatic carbocycles. The molecular weight excluding hydrogens is 196 g/mol. The average Bonchev–Trinajstić information content (AvgIpc) is 2.31. The summed E-state index contributed by atoms with van der Waals surface area (Å²) in [5.74, 6) is 0. The summed E-state index contributed by atoms with van der Waals surface area (Å²) < 4.78 is 0. The fourth-order valence-corrected chi connectivity index (χ4v) is 1.70. The first-order valence-electron chi connectivity index (χ1n) is 5.47. The lowest BCUT2D eigenvalue weighted by Crippen LogP contribution is -2.13. The lowest BCUT2D eigenvalue weighted by molar-refractivity contribution is 0.719. The number of nitrogens with zero attached hydrogens (tertiary/aromatic N) is 1. The van der Waals surface area contributed by atoms with Gasteiger partial charge in [0.05, 0.1) is 0 Å². The Morgan fingerprint density at radius 2 is 1.94 bits per heavy atom. The van der Waals surface area contributed by atoms with Crippen molar-refractivity contribution in [2.75, 3.05) is 0 Å². The third kappa shape index (κ3) is 2.67. The Bertz CT molecular complexity index is 434. The van der Waals surface area contributed by atoms with Crippen molar-refractivity contribution >= 4 is 0 Å². The van der Waals surface area contributed by atoms with Crippen molar-refractivity contribution < 1.29 is 0 Å². The Kier molecular flexibility index (Phi) is 3.32. The van der Waals surface area contributed by atoms with Crippen molar-refractivity contribution in [3.05, 3.63) is 65.5 Å². The molecule has 2 N–H and O–H groups in total. The molecule has 0 aliphatic heterocycles. The van der Waals surface area contributed by atoms with Crippen LogP contribution in [0.25, 0.3) is 0 Å². The fourth-order valence-electron chi connectivity index (χ4n) is 1.70. The predicted molar refractivity (Wildman–Crippen MR) is 66.0 cm³/mol. The molecule has 16 heavy (non-hydrogen) atoms. The Hall–Kier alpha value is -1.67. The highest BCUT2D eigenvalue weighted by atomic mass is 14.6. The van der Waals surface area contributed by atoms with Crippen LogP contribution in [-0.4, -0.2) is 4.98 Å². The Morgan fingerprint density at radius 3 is 2.56 bits per heavy atom. The highest BCUT2D eigenvalue weighted by molar-refractivity contribution is 5.25. The van der Waals surface area contributed by atoms with Gasteiger partial charge in [-0.25, -0.2) is 0 Å². The summed E-state index contributed by atoms with van der Waals surface area (Å²) in [6.07, 6.45) is 4.48. The van der Waals surface area contributed by atoms with Crippen LogP contribution in [0.4, 0.5) is 0 Å². The molecule has 1 atom stereocenters. The highest BCUT2D eigenvalue weighted by Crippen LogP contribution is 2.15. The Morgan fingerprint density at radius 1 is 1.19 bits per heavy atom. The number of benzene rings is 1. The quantitative estimate of drug-likeness (QED) is 0.849. The van der Waals surface area contributed by atoms with Crippen LogP contribution in [0.5, 0.6) is 0 Å². The lowest BCUT2D eigenvalue weighted by atomic mass is 10.00. The van der Waals surface area contributed by atoms with Crippen molar-refractivity contribution in [3.63, 3.8) is 0 Å². The molecule has 82 valence electrons. The van der Waals surface area contributed by atoms with Gasteiger partial charge in [-0.05, 0) is 30.5 Å². The molecule has 0 bridgehead atoms. The van der Waals surface area contributed by atoms with Crippen LogP contribution in [0.1, 0.15) is 22.7 Å². The number of aryl methyl sites for hydroxylation is 1. The van der Waals surface area contributed by atoms with Gasteiger partial charge < -0.3 is 5.73 Å². The molecule has 2 aromatic rings. The van der Waals surface area contributed by atoms with Crippen molar-refractivity contribution in [1.29, 1.82) is 0 Å². The van der Waals surface area contributed by atoms with E-state index in [4.69, 9.17) is 5.73 Å². The maximum absolute atomic E-state index is 6.15. The lowest BCUT2D eigenvalue weighted by Gasteiger charge is -2.12. The van der Waals surface area contributed by atoms with E-state index >= 15 is 0 Å². The second kappa shape index (κ2) is 4.90. The molecule has 2 nitrogen and oxygen atoms in total. The maximum Gasteiger partial charge on any atom is 0.0336 e. The van der Waals surface area contributed by atoms with Gasteiger partial charge in [0.25, 0.3) is 0 Å². The second-order valence-electron chi connectivity index (χ2n) is 4.08. The number of pyridine rings is 1. The molecule has 2 rings (SSSR count). The Labute approximate surface area is 96.1 Å². The van der Waals surface area contributed by atoms with E-state index in [0.717, 1.165) is 6.42 Å². The van der Waals surface area contributed by atoms with Crippen molar-refractivity contribution in [2.24, 2.45) is 5.73 Å². The minimum absolute atomic E-state index is 0.0461. The zero-order valence-electron chi connectivity index (χ0n) is 9.43. The topological polar surface area (TPSA) is 38.9 Å². The first kappa shape index (κ1) is 10.8. The van der Waals surface area contributed by atoms with Gasteiger partial charge in [-0.15, -0.1) is 0 Å². The molecule has 0 saturated carbocycles. The van der Waals surface area contributed by atoms with Crippen LogP contribution in [-0.2, 0) is 6.42 Å². The van der Waals surface area contributed by atoms with E-state index in [-0.39, 0.29) is 6.04 Å². The molecule has 1 aromatic heterocycles. The zero-order valence-corrected chi connectivity index (χ0v) is 9.43. The number of hydrogen-bond donors (Lipinski definition) is 1. The summed E-state index contributed by atoms with van der Waals surface area (Å²) in [5, 5.41) is 0. The molecule has 0 amide bonds. The summed E-state index contributed by atoms with van der Waals surface area (Å²) in [6.45, 7) is 2.08. The van der Waals surface area contributed by atoms with E-state index in [1.165, 1.54) is 16.7 Å². The molecule has 0 fully saturated rings. The van der Waals surface area contributed by atoms with Gasteiger partial charge in [0.1, 0.15) is 0 Å². The largest absolute Gasteiger partial charge is 0.324 e. The standard InChI is InChI=1S/C14H16N2/c1-11-4-6-13(7-5-11)14(15)9-12-3-2-8-16-10-12/h2-8,10,14H,9,15H2,1H3. The van der Waals surface area contributed by atoms with Crippen LogP contribution >= 0.6 is 0 Å². The fraction of sp³-hybridized carbons (Fsp3) is 0.214. The number of nitrogens with two attached hydrogens (primary N) is 1. The number of aromatic nitrogens is 1. The van der Waals surface area contributed by atoms with Crippen LogP contribution in [0, 0.1) is 6.92 Å². The molecular formula is C14H16N2. The normalized spacial score (nSPS) is 12.4. The molecule has 0 aliphatic rings. The molecule has 0 spiro atoms. The molecule has 1 unspecified atom stereocenters. The van der Waals surface area contributed by atoms with Crippen LogP contribution in [0.2, 0.25) is 0 Å². The Balaban J connectivity index is 2.09. The van der Waals surface area contributed by atoms with Crippen molar-refractivity contribution in [3.8, 4) is 0 Å². The van der Waals surface area contributed by atoms with Crippen molar-refractivity contribution in [2.45, 2.75) is 19.4 Å². The summed E-state index contributed by atoms with van der Waals surface area (Å²) in [7, 11) is 0. The van der Waals surface area contributed by atoms with Crippen LogP contribution < -0.4 is 5.73 Å². The van der Waals surface area contributed by atoms with E-state index in [1.54, 1.807) is 6.20 Å². The number of rotatable bonds is 3. The van der Waals surface area contributed by atoms with Gasteiger partial charge in [-0.3, -0.25) is 4.98 Å². The predicted octanol–water partition coefficient (Wildman–Crippen LogP) is 2.63. The minimum atomic E-state index is 0.0461. The van der Waals surface area contributed by atoms with E-state index < -0.39 is 0 Å². The molecule has 0 aliphatic carbocycles. The SMILES string of the molecule is Cc1ccc(C(N)Cc2cccnc2)cc1. The highest BCUT2D eigenvalue weighted by Gasteiger charge is 2.06. The van der Waals surface area contributed by atoms with E-state index in [2.05, 4.69) is 42.2 Å². The second-order valence-corrected chi connectivity index (χ2v) is 4.08. The van der Waals surface area contributed by atoms with Gasteiger partial charge in [-0.1, -0.05) is 35.9 Å². The van der Waals surface area contributed by atoms with E-state index in [0.29, 0.717) is 0 Å². The maximum atomic E-state index is 6.15. The third-order valence-electron chi connectivity index (χ3n) is 2.68. The average molecular weight is 212 g/mol. The minimum Gasteiger partial charge on any atom is -0.324 e. The smallest absolute Gasteiger partial charge is 0.0336 e. The summed E-state index contributed by atoms with van der Waals surface area (Å²) >= 11 is 0. The first-order valence-corrected chi connectivity index (χ1v) is 5.47. The molecule has 2 heteroatoms. The van der Waals surface area contributed by atoms with Gasteiger partial charge in [-0.2, -0.15) is 0 Å². The van der Waals surface area contributed by atoms with Crippen LogP contribution in [0.15, 0.2) is 48.8 Å². The summed E-state index contributed by atoms with van der Waals surface area (Å²) in [4.78, 5) is 4.09. The van der Waals surface area contributed by atoms with Gasteiger partial charge in [0, 0.05) is 18.4 Å². The van der Waals surface area contributed by atoms with Crippen molar-refractivity contribution in [1.82, 2.24) is 4.98 Å². The zero-order chi connectivity index (χ0) is 11.4. The monoisotopic (exact) mass is 212 g/mol. The van der Waals surface area contributed by atoms with E-state index in [9.17, 15) is 0 Å².